The first-order valence-electron chi connectivity index (χ1n) is 6.53. The maximum absolute atomic E-state index is 6.00. The molecule has 1 aliphatic rings. The van der Waals surface area contributed by atoms with Crippen molar-refractivity contribution >= 4 is 11.6 Å². The molecule has 1 rings (SSSR count). The SMILES string of the molecule is CC(Cl)CCC1CCC(C(C)(C)C)CC1. The van der Waals surface area contributed by atoms with E-state index in [1.165, 1.54) is 38.5 Å². The van der Waals surface area contributed by atoms with Crippen molar-refractivity contribution < 1.29 is 0 Å². The van der Waals surface area contributed by atoms with Crippen molar-refractivity contribution in [3.05, 3.63) is 0 Å². The summed E-state index contributed by atoms with van der Waals surface area (Å²) in [5, 5.41) is 0.366. The fraction of sp³-hybridized carbons (Fsp3) is 1.00. The van der Waals surface area contributed by atoms with E-state index in [1.54, 1.807) is 0 Å². The summed E-state index contributed by atoms with van der Waals surface area (Å²) in [4.78, 5) is 0. The minimum Gasteiger partial charge on any atom is -0.123 e. The maximum Gasteiger partial charge on any atom is 0.0307 e. The Hall–Kier alpha value is 0.290. The molecular formula is C14H27Cl. The lowest BCUT2D eigenvalue weighted by Crippen LogP contribution is -2.26. The van der Waals surface area contributed by atoms with E-state index in [9.17, 15) is 0 Å². The molecule has 90 valence electrons. The van der Waals surface area contributed by atoms with Crippen LogP contribution in [0.1, 0.15) is 66.2 Å². The standard InChI is InChI=1S/C14H27Cl/c1-11(15)5-6-12-7-9-13(10-8-12)14(2,3)4/h11-13H,5-10H2,1-4H3. The van der Waals surface area contributed by atoms with Gasteiger partial charge >= 0.3 is 0 Å². The lowest BCUT2D eigenvalue weighted by molar-refractivity contribution is 0.146. The molecule has 0 N–H and O–H groups in total. The Morgan fingerprint density at radius 1 is 1.13 bits per heavy atom. The van der Waals surface area contributed by atoms with Crippen molar-refractivity contribution in [2.24, 2.45) is 17.3 Å². The van der Waals surface area contributed by atoms with Crippen molar-refractivity contribution in [3.63, 3.8) is 0 Å². The average molecular weight is 231 g/mol. The van der Waals surface area contributed by atoms with Crippen LogP contribution < -0.4 is 0 Å². The van der Waals surface area contributed by atoms with E-state index in [2.05, 4.69) is 27.7 Å². The van der Waals surface area contributed by atoms with Crippen LogP contribution in [-0.2, 0) is 0 Å². The maximum atomic E-state index is 6.00. The fourth-order valence-corrected chi connectivity index (χ4v) is 2.91. The quantitative estimate of drug-likeness (QED) is 0.582. The van der Waals surface area contributed by atoms with Crippen LogP contribution in [-0.4, -0.2) is 5.38 Å². The Balaban J connectivity index is 2.24. The van der Waals surface area contributed by atoms with Gasteiger partial charge in [0.2, 0.25) is 0 Å². The smallest absolute Gasteiger partial charge is 0.0307 e. The predicted octanol–water partition coefficient (Wildman–Crippen LogP) is 5.25. The van der Waals surface area contributed by atoms with Gasteiger partial charge < -0.3 is 0 Å². The second-order valence-corrected chi connectivity index (χ2v) is 7.19. The molecular weight excluding hydrogens is 204 g/mol. The third-order valence-electron chi connectivity index (χ3n) is 4.04. The van der Waals surface area contributed by atoms with Crippen LogP contribution in [0.3, 0.4) is 0 Å². The van der Waals surface area contributed by atoms with Crippen LogP contribution >= 0.6 is 11.6 Å². The molecule has 1 atom stereocenters. The molecule has 15 heavy (non-hydrogen) atoms. The van der Waals surface area contributed by atoms with Crippen LogP contribution in [0.5, 0.6) is 0 Å². The Morgan fingerprint density at radius 2 is 1.67 bits per heavy atom. The van der Waals surface area contributed by atoms with E-state index in [-0.39, 0.29) is 0 Å². The van der Waals surface area contributed by atoms with E-state index in [0.29, 0.717) is 10.8 Å². The molecule has 0 amide bonds. The zero-order valence-electron chi connectivity index (χ0n) is 10.9. The zero-order chi connectivity index (χ0) is 11.5. The normalized spacial score (nSPS) is 30.2. The van der Waals surface area contributed by atoms with Crippen LogP contribution in [0.15, 0.2) is 0 Å². The molecule has 1 fully saturated rings. The van der Waals surface area contributed by atoms with Crippen molar-refractivity contribution in [1.82, 2.24) is 0 Å². The van der Waals surface area contributed by atoms with E-state index in [1.807, 2.05) is 0 Å². The van der Waals surface area contributed by atoms with E-state index < -0.39 is 0 Å². The Bertz CT molecular complexity index is 170. The molecule has 1 saturated carbocycles. The highest BCUT2D eigenvalue weighted by molar-refractivity contribution is 6.20. The molecule has 0 nitrogen and oxygen atoms in total. The van der Waals surface area contributed by atoms with Crippen LogP contribution in [0.25, 0.3) is 0 Å². The zero-order valence-corrected chi connectivity index (χ0v) is 11.6. The molecule has 0 aliphatic heterocycles. The lowest BCUT2D eigenvalue weighted by atomic mass is 9.69. The van der Waals surface area contributed by atoms with Gasteiger partial charge in [-0.1, -0.05) is 33.6 Å². The van der Waals surface area contributed by atoms with Gasteiger partial charge in [-0.05, 0) is 49.9 Å². The highest BCUT2D eigenvalue weighted by Gasteiger charge is 2.29. The first-order valence-corrected chi connectivity index (χ1v) is 6.97. The predicted molar refractivity (Wildman–Crippen MR) is 69.5 cm³/mol. The number of alkyl halides is 1. The minimum atomic E-state index is 0.366. The summed E-state index contributed by atoms with van der Waals surface area (Å²) in [5.41, 5.74) is 0.519. The summed E-state index contributed by atoms with van der Waals surface area (Å²) in [6.07, 6.45) is 8.29. The summed E-state index contributed by atoms with van der Waals surface area (Å²) in [6.45, 7) is 9.28. The summed E-state index contributed by atoms with van der Waals surface area (Å²) < 4.78 is 0. The molecule has 1 unspecified atom stereocenters. The van der Waals surface area contributed by atoms with Crippen LogP contribution in [0.4, 0.5) is 0 Å². The van der Waals surface area contributed by atoms with E-state index in [4.69, 9.17) is 11.6 Å². The van der Waals surface area contributed by atoms with Crippen LogP contribution in [0, 0.1) is 17.3 Å². The molecule has 0 bridgehead atoms. The monoisotopic (exact) mass is 230 g/mol. The molecule has 0 radical (unpaired) electrons. The number of hydrogen-bond donors (Lipinski definition) is 0. The summed E-state index contributed by atoms with van der Waals surface area (Å²) >= 11 is 6.00. The van der Waals surface area contributed by atoms with Gasteiger partial charge in [-0.15, -0.1) is 11.6 Å². The highest BCUT2D eigenvalue weighted by Crippen LogP contribution is 2.41. The van der Waals surface area contributed by atoms with Gasteiger partial charge in [0, 0.05) is 5.38 Å². The molecule has 0 saturated heterocycles. The molecule has 0 spiro atoms. The van der Waals surface area contributed by atoms with E-state index in [0.717, 1.165) is 11.8 Å². The molecule has 1 heteroatoms. The lowest BCUT2D eigenvalue weighted by Gasteiger charge is -2.37. The first kappa shape index (κ1) is 13.4. The van der Waals surface area contributed by atoms with E-state index >= 15 is 0 Å². The van der Waals surface area contributed by atoms with Gasteiger partial charge in [0.25, 0.3) is 0 Å². The molecule has 0 aromatic heterocycles. The minimum absolute atomic E-state index is 0.366. The van der Waals surface area contributed by atoms with Crippen molar-refractivity contribution in [2.45, 2.75) is 71.6 Å². The molecule has 1 aliphatic carbocycles. The third-order valence-corrected chi connectivity index (χ3v) is 4.26. The summed E-state index contributed by atoms with van der Waals surface area (Å²) in [6, 6.07) is 0. The summed E-state index contributed by atoms with van der Waals surface area (Å²) in [5.74, 6) is 1.91. The first-order chi connectivity index (χ1) is 6.89. The molecule has 0 aromatic carbocycles. The number of hydrogen-bond acceptors (Lipinski definition) is 0. The van der Waals surface area contributed by atoms with Crippen LogP contribution in [0.2, 0.25) is 0 Å². The Labute approximate surface area is 101 Å². The van der Waals surface area contributed by atoms with Crippen molar-refractivity contribution in [1.29, 1.82) is 0 Å². The largest absolute Gasteiger partial charge is 0.123 e. The second-order valence-electron chi connectivity index (χ2n) is 6.44. The van der Waals surface area contributed by atoms with Gasteiger partial charge in [-0.3, -0.25) is 0 Å². The highest BCUT2D eigenvalue weighted by atomic mass is 35.5. The topological polar surface area (TPSA) is 0 Å². The summed E-state index contributed by atoms with van der Waals surface area (Å²) in [7, 11) is 0. The Kier molecular flexibility index (Phi) is 4.96. The third kappa shape index (κ3) is 4.76. The van der Waals surface area contributed by atoms with Gasteiger partial charge in [0.05, 0.1) is 0 Å². The number of rotatable bonds is 3. The van der Waals surface area contributed by atoms with Gasteiger partial charge in [0.1, 0.15) is 0 Å². The van der Waals surface area contributed by atoms with Gasteiger partial charge in [0.15, 0.2) is 0 Å². The van der Waals surface area contributed by atoms with Gasteiger partial charge in [-0.2, -0.15) is 0 Å². The van der Waals surface area contributed by atoms with Gasteiger partial charge in [-0.25, -0.2) is 0 Å². The molecule has 0 aromatic rings. The van der Waals surface area contributed by atoms with Crippen molar-refractivity contribution in [2.75, 3.05) is 0 Å². The number of halogens is 1. The second kappa shape index (κ2) is 5.57. The molecule has 0 heterocycles. The van der Waals surface area contributed by atoms with Crippen molar-refractivity contribution in [3.8, 4) is 0 Å². The Morgan fingerprint density at radius 3 is 2.07 bits per heavy atom. The average Bonchev–Trinajstić information content (AvgIpc) is 2.14. The fourth-order valence-electron chi connectivity index (χ4n) is 2.78.